The fourth-order valence-corrected chi connectivity index (χ4v) is 1.09. The first-order valence-corrected chi connectivity index (χ1v) is 6.29. The van der Waals surface area contributed by atoms with Gasteiger partial charge in [0, 0.05) is 0 Å². The van der Waals surface area contributed by atoms with E-state index in [0.717, 1.165) is 25.7 Å². The third-order valence-electron chi connectivity index (χ3n) is 1.62. The summed E-state index contributed by atoms with van der Waals surface area (Å²) in [6.07, 6.45) is 3.58. The molecule has 0 spiro atoms. The molecule has 0 saturated heterocycles. The molecule has 0 aromatic carbocycles. The fourth-order valence-electron chi connectivity index (χ4n) is 1.09. The third kappa shape index (κ3) is 19.8. The van der Waals surface area contributed by atoms with Crippen molar-refractivity contribution in [2.24, 2.45) is 5.92 Å². The molecule has 0 aliphatic rings. The molecule has 0 aromatic rings. The average molecular weight is 242 g/mol. The number of aliphatic carboxylic acids is 1. The highest BCUT2D eigenvalue weighted by Crippen LogP contribution is 2.25. The Hall–Kier alpha value is -0.420. The molecule has 0 heterocycles. The van der Waals surface area contributed by atoms with E-state index in [1.807, 2.05) is 13.8 Å². The summed E-state index contributed by atoms with van der Waals surface area (Å²) in [7, 11) is -4.64. The molecule has 0 fully saturated rings. The van der Waals surface area contributed by atoms with E-state index in [1.54, 1.807) is 0 Å². The lowest BCUT2D eigenvalue weighted by Crippen LogP contribution is -2.12. The molecule has 92 valence electrons. The molecule has 0 rings (SSSR count). The molecule has 0 bridgehead atoms. The van der Waals surface area contributed by atoms with Crippen molar-refractivity contribution in [1.82, 2.24) is 0 Å². The Morgan fingerprint density at radius 1 is 1.13 bits per heavy atom. The minimum Gasteiger partial charge on any atom is -0.481 e. The summed E-state index contributed by atoms with van der Waals surface area (Å²) in [4.78, 5) is 32.0. The summed E-state index contributed by atoms with van der Waals surface area (Å²) >= 11 is 0. The normalized spacial score (nSPS) is 10.8. The first-order chi connectivity index (χ1) is 6.72. The topological polar surface area (TPSA) is 115 Å². The van der Waals surface area contributed by atoms with Crippen LogP contribution in [0, 0.1) is 5.92 Å². The van der Waals surface area contributed by atoms with Crippen LogP contribution in [0.4, 0.5) is 0 Å². The molecule has 0 aliphatic carbocycles. The standard InChI is InChI=1S/C8H16O2.H3O4P/c1-3-5-7(6-4-2)8(9)10;1-5(2,3)4/h7H,3-6H2,1-2H3,(H,9,10);(H3,1,2,3,4). The molecule has 15 heavy (non-hydrogen) atoms. The highest BCUT2D eigenvalue weighted by molar-refractivity contribution is 7.45. The minimum absolute atomic E-state index is 0.102. The smallest absolute Gasteiger partial charge is 0.466 e. The first kappa shape index (κ1) is 17.0. The maximum atomic E-state index is 10.5. The molecule has 0 unspecified atom stereocenters. The zero-order valence-electron chi connectivity index (χ0n) is 8.96. The van der Waals surface area contributed by atoms with Crippen molar-refractivity contribution in [2.75, 3.05) is 0 Å². The van der Waals surface area contributed by atoms with Gasteiger partial charge < -0.3 is 19.8 Å². The van der Waals surface area contributed by atoms with Crippen molar-refractivity contribution >= 4 is 13.8 Å². The zero-order chi connectivity index (χ0) is 12.5. The monoisotopic (exact) mass is 242 g/mol. The van der Waals surface area contributed by atoms with Gasteiger partial charge in [0.25, 0.3) is 0 Å². The second kappa shape index (κ2) is 8.85. The van der Waals surface area contributed by atoms with Crippen molar-refractivity contribution in [2.45, 2.75) is 39.5 Å². The van der Waals surface area contributed by atoms with Crippen molar-refractivity contribution < 1.29 is 29.1 Å². The highest BCUT2D eigenvalue weighted by Gasteiger charge is 2.13. The summed E-state index contributed by atoms with van der Waals surface area (Å²) < 4.78 is 8.88. The van der Waals surface area contributed by atoms with Crippen molar-refractivity contribution in [3.05, 3.63) is 0 Å². The second-order valence-corrected chi connectivity index (χ2v) is 4.15. The van der Waals surface area contributed by atoms with Crippen molar-refractivity contribution in [3.8, 4) is 0 Å². The van der Waals surface area contributed by atoms with Crippen molar-refractivity contribution in [3.63, 3.8) is 0 Å². The Bertz CT molecular complexity index is 197. The number of hydrogen-bond donors (Lipinski definition) is 4. The van der Waals surface area contributed by atoms with Gasteiger partial charge >= 0.3 is 13.8 Å². The van der Waals surface area contributed by atoms with Crippen LogP contribution in [-0.2, 0) is 9.36 Å². The van der Waals surface area contributed by atoms with E-state index in [9.17, 15) is 4.79 Å². The highest BCUT2D eigenvalue weighted by atomic mass is 31.2. The predicted molar refractivity (Wildman–Crippen MR) is 55.2 cm³/mol. The maximum Gasteiger partial charge on any atom is 0.466 e. The molecule has 6 nitrogen and oxygen atoms in total. The van der Waals surface area contributed by atoms with Crippen LogP contribution in [-0.4, -0.2) is 25.8 Å². The number of carboxylic acids is 1. The molecule has 0 saturated carbocycles. The largest absolute Gasteiger partial charge is 0.481 e. The Morgan fingerprint density at radius 3 is 1.53 bits per heavy atom. The fraction of sp³-hybridized carbons (Fsp3) is 0.875. The lowest BCUT2D eigenvalue weighted by Gasteiger charge is -2.07. The van der Waals surface area contributed by atoms with Crippen LogP contribution < -0.4 is 0 Å². The van der Waals surface area contributed by atoms with E-state index >= 15 is 0 Å². The number of phosphoric acid groups is 1. The minimum atomic E-state index is -4.64. The third-order valence-corrected chi connectivity index (χ3v) is 1.62. The van der Waals surface area contributed by atoms with Gasteiger partial charge in [-0.1, -0.05) is 26.7 Å². The Balaban J connectivity index is 0. The van der Waals surface area contributed by atoms with Gasteiger partial charge in [-0.25, -0.2) is 4.57 Å². The average Bonchev–Trinajstić information content (AvgIpc) is 2.00. The van der Waals surface area contributed by atoms with Crippen LogP contribution in [0.15, 0.2) is 0 Å². The van der Waals surface area contributed by atoms with E-state index in [2.05, 4.69) is 0 Å². The van der Waals surface area contributed by atoms with Gasteiger partial charge in [0.1, 0.15) is 0 Å². The molecule has 0 aliphatic heterocycles. The number of carbonyl (C=O) groups is 1. The van der Waals surface area contributed by atoms with E-state index < -0.39 is 13.8 Å². The van der Waals surface area contributed by atoms with Gasteiger partial charge in [-0.3, -0.25) is 4.79 Å². The first-order valence-electron chi connectivity index (χ1n) is 4.73. The van der Waals surface area contributed by atoms with E-state index in [0.29, 0.717) is 0 Å². The van der Waals surface area contributed by atoms with Crippen LogP contribution in [0.1, 0.15) is 39.5 Å². The number of hydrogen-bond acceptors (Lipinski definition) is 2. The summed E-state index contributed by atoms with van der Waals surface area (Å²) in [6.45, 7) is 4.04. The van der Waals surface area contributed by atoms with Crippen LogP contribution in [0.25, 0.3) is 0 Å². The van der Waals surface area contributed by atoms with Crippen molar-refractivity contribution in [1.29, 1.82) is 0 Å². The summed E-state index contributed by atoms with van der Waals surface area (Å²) in [5, 5.41) is 8.64. The lowest BCUT2D eigenvalue weighted by molar-refractivity contribution is -0.142. The number of rotatable bonds is 5. The molecule has 0 radical (unpaired) electrons. The maximum absolute atomic E-state index is 10.5. The van der Waals surface area contributed by atoms with Gasteiger partial charge in [-0.05, 0) is 12.8 Å². The summed E-state index contributed by atoms with van der Waals surface area (Å²) in [5.41, 5.74) is 0. The molecule has 0 atom stereocenters. The Labute approximate surface area is 89.2 Å². The van der Waals surface area contributed by atoms with Gasteiger partial charge in [-0.2, -0.15) is 0 Å². The SMILES string of the molecule is CCCC(CCC)C(=O)O.O=P(O)(O)O. The van der Waals surface area contributed by atoms with Gasteiger partial charge in [-0.15, -0.1) is 0 Å². The Kier molecular flexibility index (Phi) is 10.0. The van der Waals surface area contributed by atoms with Gasteiger partial charge in [0.15, 0.2) is 0 Å². The van der Waals surface area contributed by atoms with Gasteiger partial charge in [0.2, 0.25) is 0 Å². The molecule has 4 N–H and O–H groups in total. The van der Waals surface area contributed by atoms with E-state index in [1.165, 1.54) is 0 Å². The molecule has 0 amide bonds. The summed E-state index contributed by atoms with van der Waals surface area (Å²) in [5.74, 6) is -0.737. The van der Waals surface area contributed by atoms with E-state index in [4.69, 9.17) is 24.4 Å². The summed E-state index contributed by atoms with van der Waals surface area (Å²) in [6, 6.07) is 0. The van der Waals surface area contributed by atoms with Crippen LogP contribution in [0.2, 0.25) is 0 Å². The van der Waals surface area contributed by atoms with Crippen LogP contribution in [0.3, 0.4) is 0 Å². The quantitative estimate of drug-likeness (QED) is 0.541. The second-order valence-electron chi connectivity index (χ2n) is 3.13. The Morgan fingerprint density at radius 2 is 1.40 bits per heavy atom. The van der Waals surface area contributed by atoms with Gasteiger partial charge in [0.05, 0.1) is 5.92 Å². The predicted octanol–water partition coefficient (Wildman–Crippen LogP) is 1.36. The van der Waals surface area contributed by atoms with E-state index in [-0.39, 0.29) is 5.92 Å². The molecule has 7 heteroatoms. The van der Waals surface area contributed by atoms with Crippen LogP contribution in [0.5, 0.6) is 0 Å². The zero-order valence-corrected chi connectivity index (χ0v) is 9.85. The lowest BCUT2D eigenvalue weighted by atomic mass is 9.99. The molecular formula is C8H19O6P. The van der Waals surface area contributed by atoms with Crippen LogP contribution >= 0.6 is 7.82 Å². The molecular weight excluding hydrogens is 223 g/mol. The molecule has 0 aromatic heterocycles. The number of carboxylic acid groups (broad SMARTS) is 1.